The van der Waals surface area contributed by atoms with Gasteiger partial charge < -0.3 is 0 Å². The van der Waals surface area contributed by atoms with Crippen molar-refractivity contribution >= 4 is 6.29 Å². The van der Waals surface area contributed by atoms with E-state index in [2.05, 4.69) is 32.6 Å². The Balaban J connectivity index is 1.58. The molecule has 0 N–H and O–H groups in total. The molecule has 1 nitrogen and oxygen atoms in total. The second-order valence-corrected chi connectivity index (χ2v) is 10.3. The molecule has 0 aliphatic heterocycles. The lowest BCUT2D eigenvalue weighted by Gasteiger charge is -2.60. The van der Waals surface area contributed by atoms with Gasteiger partial charge in [0.2, 0.25) is 0 Å². The molecular weight excluding hydrogens is 304 g/mol. The molecule has 1 heteroatoms. The molecule has 0 aromatic carbocycles. The van der Waals surface area contributed by atoms with Gasteiger partial charge in [0, 0.05) is 5.92 Å². The van der Waals surface area contributed by atoms with Crippen molar-refractivity contribution in [2.75, 3.05) is 0 Å². The third-order valence-corrected chi connectivity index (χ3v) is 9.63. The van der Waals surface area contributed by atoms with Crippen molar-refractivity contribution in [3.8, 4) is 11.8 Å². The first-order chi connectivity index (χ1) is 12.0. The molecular formula is C24H36O. The largest absolute Gasteiger partial charge is 0.289 e. The molecule has 0 bridgehead atoms. The minimum absolute atomic E-state index is 0.373. The summed E-state index contributed by atoms with van der Waals surface area (Å²) in [4.78, 5) is 10.7. The summed E-state index contributed by atoms with van der Waals surface area (Å²) in [5, 5.41) is 0. The van der Waals surface area contributed by atoms with Crippen molar-refractivity contribution in [1.82, 2.24) is 0 Å². The molecule has 4 aliphatic rings. The second kappa shape index (κ2) is 6.44. The summed E-state index contributed by atoms with van der Waals surface area (Å²) in [6.45, 7) is 7.51. The van der Waals surface area contributed by atoms with E-state index in [-0.39, 0.29) is 0 Å². The maximum absolute atomic E-state index is 10.7. The standard InChI is InChI=1S/C24H36O/c1-17(7-6-16-25)20-11-12-21-19-10-9-18-8-4-5-14-23(18,2)22(19)13-15-24(20,21)3/h16-22H,4-5,8-15H2,1-3H3/t17-,18?,19+,20-,21+,22+,23+,24-/m1/s1. The van der Waals surface area contributed by atoms with Gasteiger partial charge in [0.05, 0.1) is 0 Å². The normalized spacial score (nSPS) is 49.8. The van der Waals surface area contributed by atoms with Gasteiger partial charge in [-0.05, 0) is 97.7 Å². The van der Waals surface area contributed by atoms with Gasteiger partial charge in [0.15, 0.2) is 6.29 Å². The van der Waals surface area contributed by atoms with Crippen molar-refractivity contribution in [3.63, 3.8) is 0 Å². The molecule has 4 saturated carbocycles. The van der Waals surface area contributed by atoms with E-state index in [1.807, 2.05) is 0 Å². The van der Waals surface area contributed by atoms with Crippen LogP contribution >= 0.6 is 0 Å². The van der Waals surface area contributed by atoms with Crippen molar-refractivity contribution in [2.45, 2.75) is 85.0 Å². The molecule has 0 spiro atoms. The van der Waals surface area contributed by atoms with E-state index in [0.29, 0.717) is 22.7 Å². The zero-order valence-electron chi connectivity index (χ0n) is 16.5. The highest BCUT2D eigenvalue weighted by Crippen LogP contribution is 2.68. The van der Waals surface area contributed by atoms with Crippen molar-refractivity contribution < 1.29 is 4.79 Å². The Morgan fingerprint density at radius 2 is 1.72 bits per heavy atom. The fourth-order valence-electron chi connectivity index (χ4n) is 8.42. The first-order valence-corrected chi connectivity index (χ1v) is 11.0. The van der Waals surface area contributed by atoms with Crippen LogP contribution in [0.25, 0.3) is 0 Å². The van der Waals surface area contributed by atoms with Crippen LogP contribution in [0.2, 0.25) is 0 Å². The van der Waals surface area contributed by atoms with E-state index in [1.165, 1.54) is 64.2 Å². The third kappa shape index (κ3) is 2.62. The van der Waals surface area contributed by atoms with Crippen LogP contribution in [0.15, 0.2) is 0 Å². The maximum Gasteiger partial charge on any atom is 0.192 e. The van der Waals surface area contributed by atoms with Crippen LogP contribution in [0.3, 0.4) is 0 Å². The summed E-state index contributed by atoms with van der Waals surface area (Å²) in [6.07, 6.45) is 15.3. The predicted octanol–water partition coefficient (Wildman–Crippen LogP) is 5.87. The summed E-state index contributed by atoms with van der Waals surface area (Å²) in [5.74, 6) is 10.9. The molecule has 4 rings (SSSR count). The Labute approximate surface area is 154 Å². The van der Waals surface area contributed by atoms with Crippen molar-refractivity contribution in [2.24, 2.45) is 46.3 Å². The molecule has 0 saturated heterocycles. The molecule has 138 valence electrons. The number of carbonyl (C=O) groups is 1. The molecule has 25 heavy (non-hydrogen) atoms. The molecule has 4 fully saturated rings. The number of fused-ring (bicyclic) bond motifs is 5. The van der Waals surface area contributed by atoms with E-state index in [1.54, 1.807) is 0 Å². The highest BCUT2D eigenvalue weighted by atomic mass is 16.1. The molecule has 0 radical (unpaired) electrons. The number of hydrogen-bond donors (Lipinski definition) is 0. The summed E-state index contributed by atoms with van der Waals surface area (Å²) in [5.41, 5.74) is 1.11. The minimum atomic E-state index is 0.373. The molecule has 0 heterocycles. The molecule has 0 aromatic heterocycles. The van der Waals surface area contributed by atoms with E-state index < -0.39 is 0 Å². The first-order valence-electron chi connectivity index (χ1n) is 11.0. The van der Waals surface area contributed by atoms with Crippen molar-refractivity contribution in [3.05, 3.63) is 0 Å². The van der Waals surface area contributed by atoms with Gasteiger partial charge in [-0.25, -0.2) is 0 Å². The fraction of sp³-hybridized carbons (Fsp3) is 0.875. The van der Waals surface area contributed by atoms with Crippen LogP contribution in [-0.4, -0.2) is 6.29 Å². The van der Waals surface area contributed by atoms with Gasteiger partial charge in [-0.2, -0.15) is 0 Å². The van der Waals surface area contributed by atoms with E-state index in [4.69, 9.17) is 0 Å². The topological polar surface area (TPSA) is 17.1 Å². The maximum atomic E-state index is 10.7. The smallest absolute Gasteiger partial charge is 0.192 e. The zero-order valence-corrected chi connectivity index (χ0v) is 16.5. The zero-order chi connectivity index (χ0) is 17.7. The number of hydrogen-bond acceptors (Lipinski definition) is 1. The lowest BCUT2D eigenvalue weighted by molar-refractivity contribution is -0.112. The number of rotatable bonds is 1. The number of aldehydes is 1. The van der Waals surface area contributed by atoms with Gasteiger partial charge in [0.1, 0.15) is 0 Å². The molecule has 0 aromatic rings. The van der Waals surface area contributed by atoms with Crippen LogP contribution in [-0.2, 0) is 4.79 Å². The van der Waals surface area contributed by atoms with E-state index in [9.17, 15) is 4.79 Å². The SMILES string of the molecule is C[C@H](C#CC=O)[C@H]1CC[C@H]2[C@@H]3CCC4CCCC[C@]4(C)[C@H]3CC[C@]12C. The van der Waals surface area contributed by atoms with E-state index >= 15 is 0 Å². The predicted molar refractivity (Wildman–Crippen MR) is 103 cm³/mol. The van der Waals surface area contributed by atoms with Gasteiger partial charge in [-0.1, -0.05) is 39.5 Å². The Morgan fingerprint density at radius 1 is 0.920 bits per heavy atom. The highest BCUT2D eigenvalue weighted by molar-refractivity contribution is 5.72. The van der Waals surface area contributed by atoms with Gasteiger partial charge in [-0.3, -0.25) is 4.79 Å². The first kappa shape index (κ1) is 17.6. The van der Waals surface area contributed by atoms with Gasteiger partial charge >= 0.3 is 0 Å². The Hall–Kier alpha value is -0.770. The second-order valence-electron chi connectivity index (χ2n) is 10.3. The average Bonchev–Trinajstić information content (AvgIpc) is 2.96. The van der Waals surface area contributed by atoms with Crippen LogP contribution in [0.4, 0.5) is 0 Å². The highest BCUT2D eigenvalue weighted by Gasteiger charge is 2.60. The quantitative estimate of drug-likeness (QED) is 0.431. The lowest BCUT2D eigenvalue weighted by atomic mass is 9.44. The Morgan fingerprint density at radius 3 is 2.52 bits per heavy atom. The van der Waals surface area contributed by atoms with Crippen LogP contribution in [0, 0.1) is 58.2 Å². The van der Waals surface area contributed by atoms with Crippen LogP contribution in [0.5, 0.6) is 0 Å². The Kier molecular flexibility index (Phi) is 4.54. The molecule has 4 aliphatic carbocycles. The Bertz CT molecular complexity index is 583. The molecule has 8 atom stereocenters. The summed E-state index contributed by atoms with van der Waals surface area (Å²) >= 11 is 0. The molecule has 0 amide bonds. The number of carbonyl (C=O) groups excluding carboxylic acids is 1. The van der Waals surface area contributed by atoms with E-state index in [0.717, 1.165) is 30.0 Å². The van der Waals surface area contributed by atoms with Crippen molar-refractivity contribution in [1.29, 1.82) is 0 Å². The fourth-order valence-corrected chi connectivity index (χ4v) is 8.42. The molecule has 1 unspecified atom stereocenters. The van der Waals surface area contributed by atoms with Crippen LogP contribution in [0.1, 0.15) is 85.0 Å². The summed E-state index contributed by atoms with van der Waals surface area (Å²) in [7, 11) is 0. The third-order valence-electron chi connectivity index (χ3n) is 9.63. The van der Waals surface area contributed by atoms with Gasteiger partial charge in [0.25, 0.3) is 0 Å². The average molecular weight is 341 g/mol. The summed E-state index contributed by atoms with van der Waals surface area (Å²) in [6, 6.07) is 0. The van der Waals surface area contributed by atoms with Gasteiger partial charge in [-0.15, -0.1) is 0 Å². The monoisotopic (exact) mass is 340 g/mol. The minimum Gasteiger partial charge on any atom is -0.289 e. The van der Waals surface area contributed by atoms with Crippen LogP contribution < -0.4 is 0 Å². The lowest BCUT2D eigenvalue weighted by Crippen LogP contribution is -2.53. The summed E-state index contributed by atoms with van der Waals surface area (Å²) < 4.78 is 0.